The normalized spacial score (nSPS) is 23.0. The highest BCUT2D eigenvalue weighted by Gasteiger charge is 2.28. The van der Waals surface area contributed by atoms with Crippen molar-refractivity contribution in [3.05, 3.63) is 36.7 Å². The lowest BCUT2D eigenvalue weighted by Crippen LogP contribution is -2.40. The molecule has 2 aliphatic rings. The van der Waals surface area contributed by atoms with E-state index >= 15 is 0 Å². The number of nitrogens with zero attached hydrogens (tertiary/aromatic N) is 2. The van der Waals surface area contributed by atoms with E-state index in [-0.39, 0.29) is 17.0 Å². The molecule has 14 heavy (non-hydrogen) atoms. The fourth-order valence-corrected chi connectivity index (χ4v) is 1.42. The maximum atomic E-state index is 10.8. The fraction of sp³-hybridized carbons (Fsp3) is 0.222. The second kappa shape index (κ2) is 4.32. The van der Waals surface area contributed by atoms with Crippen LogP contribution in [-0.4, -0.2) is 33.7 Å². The van der Waals surface area contributed by atoms with Gasteiger partial charge in [-0.3, -0.25) is 10.0 Å². The minimum absolute atomic E-state index is 0. The monoisotopic (exact) mass is 258 g/mol. The number of allylic oxidation sites excluding steroid dienone is 2. The lowest BCUT2D eigenvalue weighted by molar-refractivity contribution is -0.143. The topological polar surface area (TPSA) is 43.8 Å². The van der Waals surface area contributed by atoms with Gasteiger partial charge in [0.1, 0.15) is 0 Å². The van der Waals surface area contributed by atoms with Crippen LogP contribution in [0.1, 0.15) is 0 Å². The molecular weight excluding hydrogens is 248 g/mol. The maximum absolute atomic E-state index is 10.8. The molecule has 2 aliphatic heterocycles. The Morgan fingerprint density at radius 3 is 2.86 bits per heavy atom. The largest absolute Gasteiger partial charge is 0.479 e. The van der Waals surface area contributed by atoms with Crippen molar-refractivity contribution in [1.29, 1.82) is 0 Å². The van der Waals surface area contributed by atoms with Crippen LogP contribution in [0.3, 0.4) is 0 Å². The minimum atomic E-state index is -0.828. The molecule has 0 saturated heterocycles. The molecule has 2 heterocycles. The van der Waals surface area contributed by atoms with E-state index in [2.05, 4.69) is 0 Å². The molecule has 0 radical (unpaired) electrons. The zero-order valence-electron chi connectivity index (χ0n) is 7.41. The molecule has 4 nitrogen and oxygen atoms in total. The van der Waals surface area contributed by atoms with E-state index < -0.39 is 12.0 Å². The Balaban J connectivity index is 0.000000980. The van der Waals surface area contributed by atoms with Crippen LogP contribution in [-0.2, 0) is 4.79 Å². The number of rotatable bonds is 1. The average Bonchev–Trinajstić information content (AvgIpc) is 2.36. The summed E-state index contributed by atoms with van der Waals surface area (Å²) < 4.78 is 0. The van der Waals surface area contributed by atoms with Crippen molar-refractivity contribution in [3.8, 4) is 0 Å². The summed E-state index contributed by atoms with van der Waals surface area (Å²) >= 11 is 0. The molecule has 0 amide bonds. The van der Waals surface area contributed by atoms with Gasteiger partial charge >= 0.3 is 5.97 Å². The quantitative estimate of drug-likeness (QED) is 0.767. The molecule has 0 spiro atoms. The van der Waals surface area contributed by atoms with Gasteiger partial charge in [-0.15, -0.1) is 17.0 Å². The van der Waals surface area contributed by atoms with Gasteiger partial charge in [-0.25, -0.2) is 4.79 Å². The summed E-state index contributed by atoms with van der Waals surface area (Å²) in [5.74, 6) is -0.828. The van der Waals surface area contributed by atoms with Gasteiger partial charge in [-0.1, -0.05) is 12.2 Å². The third-order valence-electron chi connectivity index (χ3n) is 2.05. The lowest BCUT2D eigenvalue weighted by atomic mass is 10.3. The number of halogens is 1. The predicted octanol–water partition coefficient (Wildman–Crippen LogP) is 1.15. The molecule has 1 N–H and O–H groups in total. The molecule has 1 atom stereocenters. The summed E-state index contributed by atoms with van der Waals surface area (Å²) in [6, 6.07) is -0.559. The first-order chi connectivity index (χ1) is 6.29. The van der Waals surface area contributed by atoms with Crippen molar-refractivity contribution in [2.75, 3.05) is 6.54 Å². The van der Waals surface area contributed by atoms with Gasteiger partial charge in [0.25, 0.3) is 0 Å². The van der Waals surface area contributed by atoms with Crippen LogP contribution in [0.5, 0.6) is 0 Å². The van der Waals surface area contributed by atoms with Crippen LogP contribution >= 0.6 is 17.0 Å². The number of hydrazine groups is 1. The highest BCUT2D eigenvalue weighted by Crippen LogP contribution is 2.17. The molecule has 0 aromatic carbocycles. The molecule has 2 rings (SSSR count). The van der Waals surface area contributed by atoms with Crippen LogP contribution in [0.2, 0.25) is 0 Å². The Kier molecular flexibility index (Phi) is 3.35. The van der Waals surface area contributed by atoms with Gasteiger partial charge in [0, 0.05) is 12.4 Å². The van der Waals surface area contributed by atoms with Crippen molar-refractivity contribution in [3.63, 3.8) is 0 Å². The van der Waals surface area contributed by atoms with Crippen molar-refractivity contribution in [2.45, 2.75) is 6.04 Å². The van der Waals surface area contributed by atoms with Gasteiger partial charge in [-0.05, 0) is 12.2 Å². The van der Waals surface area contributed by atoms with E-state index in [9.17, 15) is 4.79 Å². The molecule has 0 unspecified atom stereocenters. The summed E-state index contributed by atoms with van der Waals surface area (Å²) in [6.45, 7) is 0.716. The van der Waals surface area contributed by atoms with Crippen molar-refractivity contribution in [1.82, 2.24) is 10.0 Å². The second-order valence-electron chi connectivity index (χ2n) is 2.90. The Morgan fingerprint density at radius 2 is 2.14 bits per heavy atom. The zero-order chi connectivity index (χ0) is 9.26. The third-order valence-corrected chi connectivity index (χ3v) is 2.05. The molecular formula is C9H11BrN2O2. The van der Waals surface area contributed by atoms with Crippen molar-refractivity contribution >= 4 is 23.0 Å². The van der Waals surface area contributed by atoms with Crippen molar-refractivity contribution in [2.24, 2.45) is 0 Å². The molecule has 76 valence electrons. The van der Waals surface area contributed by atoms with Crippen LogP contribution in [0, 0.1) is 0 Å². The average molecular weight is 259 g/mol. The van der Waals surface area contributed by atoms with E-state index in [1.54, 1.807) is 23.5 Å². The first kappa shape index (κ1) is 10.8. The third kappa shape index (κ3) is 1.82. The van der Waals surface area contributed by atoms with Gasteiger partial charge in [0.05, 0.1) is 6.54 Å². The van der Waals surface area contributed by atoms with Crippen LogP contribution in [0.15, 0.2) is 36.7 Å². The highest BCUT2D eigenvalue weighted by atomic mass is 79.9. The second-order valence-corrected chi connectivity index (χ2v) is 2.90. The molecule has 0 aliphatic carbocycles. The number of carboxylic acids is 1. The Hall–Kier alpha value is -1.23. The highest BCUT2D eigenvalue weighted by molar-refractivity contribution is 8.93. The van der Waals surface area contributed by atoms with Crippen LogP contribution in [0.4, 0.5) is 0 Å². The van der Waals surface area contributed by atoms with Gasteiger partial charge in [0.15, 0.2) is 6.04 Å². The summed E-state index contributed by atoms with van der Waals surface area (Å²) in [5, 5.41) is 12.4. The number of carbonyl (C=O) groups is 1. The fourth-order valence-electron chi connectivity index (χ4n) is 1.42. The summed E-state index contributed by atoms with van der Waals surface area (Å²) in [4.78, 5) is 10.8. The van der Waals surface area contributed by atoms with Crippen LogP contribution < -0.4 is 0 Å². The Morgan fingerprint density at radius 1 is 1.36 bits per heavy atom. The smallest absolute Gasteiger partial charge is 0.332 e. The van der Waals surface area contributed by atoms with Gasteiger partial charge in [0.2, 0.25) is 0 Å². The van der Waals surface area contributed by atoms with E-state index in [1.165, 1.54) is 0 Å². The van der Waals surface area contributed by atoms with Crippen molar-refractivity contribution < 1.29 is 9.90 Å². The molecule has 0 bridgehead atoms. The first-order valence-electron chi connectivity index (χ1n) is 4.08. The van der Waals surface area contributed by atoms with E-state index in [0.29, 0.717) is 6.54 Å². The number of hydrogen-bond acceptors (Lipinski definition) is 3. The van der Waals surface area contributed by atoms with Crippen LogP contribution in [0.25, 0.3) is 0 Å². The Labute approximate surface area is 92.5 Å². The number of hydrogen-bond donors (Lipinski definition) is 1. The Bertz CT molecular complexity index is 312. The molecule has 0 saturated carbocycles. The van der Waals surface area contributed by atoms with Gasteiger partial charge in [-0.2, -0.15) is 0 Å². The molecule has 0 aromatic heterocycles. The number of aliphatic carboxylic acids is 1. The van der Waals surface area contributed by atoms with E-state index in [1.807, 2.05) is 23.2 Å². The molecule has 0 aromatic rings. The molecule has 5 heteroatoms. The minimum Gasteiger partial charge on any atom is -0.479 e. The zero-order valence-corrected chi connectivity index (χ0v) is 9.12. The SMILES string of the molecule is Br.O=C(O)[C@@H]1C=CN2CC=CC=CN12. The maximum Gasteiger partial charge on any atom is 0.332 e. The summed E-state index contributed by atoms with van der Waals surface area (Å²) in [7, 11) is 0. The van der Waals surface area contributed by atoms with Gasteiger partial charge < -0.3 is 5.11 Å². The summed E-state index contributed by atoms with van der Waals surface area (Å²) in [6.07, 6.45) is 11.0. The molecule has 0 fully saturated rings. The number of fused-ring (bicyclic) bond motifs is 1. The standard InChI is InChI=1S/C9H10N2O2.BrH/c12-9(13)8-4-7-10-5-2-1-3-6-11(8)10;/h1-4,6-8H,5H2,(H,12,13);1H/t8-;/m0./s1. The lowest BCUT2D eigenvalue weighted by Gasteiger charge is -2.28. The summed E-state index contributed by atoms with van der Waals surface area (Å²) in [5.41, 5.74) is 0. The number of carboxylic acid groups (broad SMARTS) is 1. The van der Waals surface area contributed by atoms with E-state index in [4.69, 9.17) is 5.11 Å². The first-order valence-corrected chi connectivity index (χ1v) is 4.08. The predicted molar refractivity (Wildman–Crippen MR) is 57.7 cm³/mol. The van der Waals surface area contributed by atoms with E-state index in [0.717, 1.165) is 0 Å².